The fourth-order valence-corrected chi connectivity index (χ4v) is 6.39. The van der Waals surface area contributed by atoms with Gasteiger partial charge in [0, 0.05) is 24.6 Å². The SMILES string of the molecule is COc1ccc(-c2nnc(C3CCCN(S(=O)(=O)c4ccc(C(C)(C)C)cc4)C3)s2)cc1. The van der Waals surface area contributed by atoms with E-state index in [1.54, 1.807) is 23.5 Å². The van der Waals surface area contributed by atoms with Crippen molar-refractivity contribution in [1.29, 1.82) is 0 Å². The lowest BCUT2D eigenvalue weighted by molar-refractivity contribution is 0.314. The number of ether oxygens (including phenoxy) is 1. The zero-order chi connectivity index (χ0) is 22.9. The molecule has 1 aliphatic heterocycles. The topological polar surface area (TPSA) is 72.4 Å². The fraction of sp³-hybridized carbons (Fsp3) is 0.417. The molecule has 0 amide bonds. The van der Waals surface area contributed by atoms with Gasteiger partial charge in [-0.3, -0.25) is 0 Å². The van der Waals surface area contributed by atoms with Crippen LogP contribution in [0.2, 0.25) is 0 Å². The Morgan fingerprint density at radius 1 is 1.03 bits per heavy atom. The fourth-order valence-electron chi connectivity index (χ4n) is 3.89. The number of rotatable bonds is 5. The summed E-state index contributed by atoms with van der Waals surface area (Å²) in [7, 11) is -1.90. The van der Waals surface area contributed by atoms with Gasteiger partial charge in [0.2, 0.25) is 10.0 Å². The Morgan fingerprint density at radius 3 is 2.34 bits per heavy atom. The number of piperidine rings is 1. The Kier molecular flexibility index (Phi) is 6.38. The van der Waals surface area contributed by atoms with Gasteiger partial charge in [0.1, 0.15) is 15.8 Å². The van der Waals surface area contributed by atoms with Gasteiger partial charge >= 0.3 is 0 Å². The van der Waals surface area contributed by atoms with Gasteiger partial charge < -0.3 is 4.74 Å². The lowest BCUT2D eigenvalue weighted by atomic mass is 9.87. The molecule has 2 heterocycles. The Bertz CT molecular complexity index is 1160. The normalized spacial score (nSPS) is 17.9. The van der Waals surface area contributed by atoms with Crippen LogP contribution in [-0.4, -0.2) is 43.1 Å². The molecule has 1 aliphatic rings. The van der Waals surface area contributed by atoms with Crippen LogP contribution in [0.4, 0.5) is 0 Å². The highest BCUT2D eigenvalue weighted by Gasteiger charge is 2.32. The molecule has 0 radical (unpaired) electrons. The number of hydrogen-bond acceptors (Lipinski definition) is 6. The Labute approximate surface area is 194 Å². The molecule has 32 heavy (non-hydrogen) atoms. The maximum Gasteiger partial charge on any atom is 0.243 e. The van der Waals surface area contributed by atoms with E-state index in [0.29, 0.717) is 18.0 Å². The molecule has 6 nitrogen and oxygen atoms in total. The second kappa shape index (κ2) is 8.92. The summed E-state index contributed by atoms with van der Waals surface area (Å²) in [6.45, 7) is 7.32. The molecule has 1 fully saturated rings. The summed E-state index contributed by atoms with van der Waals surface area (Å²) in [4.78, 5) is 0.349. The van der Waals surface area contributed by atoms with E-state index in [-0.39, 0.29) is 11.3 Å². The second-order valence-corrected chi connectivity index (χ2v) is 12.1. The Morgan fingerprint density at radius 2 is 1.72 bits per heavy atom. The van der Waals surface area contributed by atoms with E-state index in [1.165, 1.54) is 11.3 Å². The zero-order valence-corrected chi connectivity index (χ0v) is 20.5. The third-order valence-corrected chi connectivity index (χ3v) is 8.88. The maximum atomic E-state index is 13.3. The summed E-state index contributed by atoms with van der Waals surface area (Å²) < 4.78 is 33.4. The molecule has 1 atom stereocenters. The van der Waals surface area contributed by atoms with E-state index in [4.69, 9.17) is 4.74 Å². The van der Waals surface area contributed by atoms with Crippen molar-refractivity contribution in [3.63, 3.8) is 0 Å². The van der Waals surface area contributed by atoms with Crippen LogP contribution in [0.1, 0.15) is 50.1 Å². The maximum absolute atomic E-state index is 13.3. The van der Waals surface area contributed by atoms with Crippen LogP contribution >= 0.6 is 11.3 Å². The number of nitrogens with zero attached hydrogens (tertiary/aromatic N) is 3. The van der Waals surface area contributed by atoms with Crippen LogP contribution < -0.4 is 4.74 Å². The average Bonchev–Trinajstić information content (AvgIpc) is 3.29. The number of methoxy groups -OCH3 is 1. The standard InChI is InChI=1S/C24H29N3O3S2/c1-24(2,3)19-9-13-21(14-10-19)32(28,29)27-15-5-6-18(16-27)23-26-25-22(31-23)17-7-11-20(30-4)12-8-17/h7-14,18H,5-6,15-16H2,1-4H3. The smallest absolute Gasteiger partial charge is 0.243 e. The van der Waals surface area contributed by atoms with Gasteiger partial charge in [-0.15, -0.1) is 10.2 Å². The first-order chi connectivity index (χ1) is 15.2. The minimum absolute atomic E-state index is 0.0159. The van der Waals surface area contributed by atoms with E-state index in [0.717, 1.165) is 39.7 Å². The third-order valence-electron chi connectivity index (χ3n) is 5.87. The van der Waals surface area contributed by atoms with Gasteiger partial charge in [0.15, 0.2) is 0 Å². The van der Waals surface area contributed by atoms with E-state index in [2.05, 4.69) is 31.0 Å². The van der Waals surface area contributed by atoms with E-state index in [1.807, 2.05) is 36.4 Å². The van der Waals surface area contributed by atoms with Gasteiger partial charge in [0.25, 0.3) is 0 Å². The van der Waals surface area contributed by atoms with E-state index < -0.39 is 10.0 Å². The zero-order valence-electron chi connectivity index (χ0n) is 18.9. The summed E-state index contributed by atoms with van der Waals surface area (Å²) in [5, 5.41) is 10.5. The molecular weight excluding hydrogens is 442 g/mol. The van der Waals surface area contributed by atoms with Crippen molar-refractivity contribution in [2.45, 2.75) is 49.8 Å². The van der Waals surface area contributed by atoms with Gasteiger partial charge in [-0.05, 0) is 60.2 Å². The predicted molar refractivity (Wildman–Crippen MR) is 128 cm³/mol. The molecule has 1 saturated heterocycles. The molecule has 0 N–H and O–H groups in total. The molecule has 3 aromatic rings. The first kappa shape index (κ1) is 22.9. The quantitative estimate of drug-likeness (QED) is 0.519. The van der Waals surface area contributed by atoms with Crippen molar-refractivity contribution >= 4 is 21.4 Å². The summed E-state index contributed by atoms with van der Waals surface area (Å²) >= 11 is 1.53. The van der Waals surface area contributed by atoms with Gasteiger partial charge in [-0.25, -0.2) is 8.42 Å². The van der Waals surface area contributed by atoms with Crippen LogP contribution in [0.5, 0.6) is 5.75 Å². The molecule has 1 aromatic heterocycles. The molecule has 0 aliphatic carbocycles. The van der Waals surface area contributed by atoms with Gasteiger partial charge in [-0.2, -0.15) is 4.31 Å². The molecule has 0 saturated carbocycles. The van der Waals surface area contributed by atoms with Crippen LogP contribution in [0.3, 0.4) is 0 Å². The van der Waals surface area contributed by atoms with Crippen molar-refractivity contribution in [2.24, 2.45) is 0 Å². The van der Waals surface area contributed by atoms with Gasteiger partial charge in [0.05, 0.1) is 12.0 Å². The van der Waals surface area contributed by atoms with Crippen molar-refractivity contribution in [1.82, 2.24) is 14.5 Å². The molecule has 4 rings (SSSR count). The summed E-state index contributed by atoms with van der Waals surface area (Å²) in [5.41, 5.74) is 2.08. The van der Waals surface area contributed by atoms with Crippen LogP contribution in [0.25, 0.3) is 10.6 Å². The lowest BCUT2D eigenvalue weighted by Gasteiger charge is -2.31. The largest absolute Gasteiger partial charge is 0.497 e. The number of sulfonamides is 1. The van der Waals surface area contributed by atoms with Crippen molar-refractivity contribution in [3.05, 3.63) is 59.1 Å². The first-order valence-electron chi connectivity index (χ1n) is 10.8. The molecule has 0 bridgehead atoms. The molecule has 2 aromatic carbocycles. The average molecular weight is 472 g/mol. The minimum Gasteiger partial charge on any atom is -0.497 e. The highest BCUT2D eigenvalue weighted by atomic mass is 32.2. The minimum atomic E-state index is -3.54. The highest BCUT2D eigenvalue weighted by molar-refractivity contribution is 7.89. The Hall–Kier alpha value is -2.29. The summed E-state index contributed by atoms with van der Waals surface area (Å²) in [5.74, 6) is 0.846. The van der Waals surface area contributed by atoms with Crippen LogP contribution in [0, 0.1) is 0 Å². The molecule has 0 spiro atoms. The van der Waals surface area contributed by atoms with Crippen LogP contribution in [0.15, 0.2) is 53.4 Å². The predicted octanol–water partition coefficient (Wildman–Crippen LogP) is 5.08. The van der Waals surface area contributed by atoms with Crippen molar-refractivity contribution in [3.8, 4) is 16.3 Å². The Balaban J connectivity index is 1.51. The molecule has 1 unspecified atom stereocenters. The molecule has 8 heteroatoms. The van der Waals surface area contributed by atoms with Gasteiger partial charge in [-0.1, -0.05) is 44.2 Å². The van der Waals surface area contributed by atoms with Crippen LogP contribution in [-0.2, 0) is 15.4 Å². The van der Waals surface area contributed by atoms with Crippen molar-refractivity contribution < 1.29 is 13.2 Å². The monoisotopic (exact) mass is 471 g/mol. The second-order valence-electron chi connectivity index (χ2n) is 9.15. The number of hydrogen-bond donors (Lipinski definition) is 0. The number of benzene rings is 2. The summed E-state index contributed by atoms with van der Waals surface area (Å²) in [6, 6.07) is 15.0. The molecule has 170 valence electrons. The first-order valence-corrected chi connectivity index (χ1v) is 13.0. The summed E-state index contributed by atoms with van der Waals surface area (Å²) in [6.07, 6.45) is 1.72. The molecular formula is C24H29N3O3S2. The lowest BCUT2D eigenvalue weighted by Crippen LogP contribution is -2.39. The number of aromatic nitrogens is 2. The highest BCUT2D eigenvalue weighted by Crippen LogP contribution is 2.35. The van der Waals surface area contributed by atoms with E-state index in [9.17, 15) is 8.42 Å². The third kappa shape index (κ3) is 4.72. The van der Waals surface area contributed by atoms with Crippen molar-refractivity contribution in [2.75, 3.05) is 20.2 Å². The van der Waals surface area contributed by atoms with E-state index >= 15 is 0 Å².